The van der Waals surface area contributed by atoms with Crippen molar-refractivity contribution in [2.75, 3.05) is 6.26 Å². The van der Waals surface area contributed by atoms with Gasteiger partial charge in [0.25, 0.3) is 5.56 Å². The van der Waals surface area contributed by atoms with E-state index in [0.717, 1.165) is 4.90 Å². The summed E-state index contributed by atoms with van der Waals surface area (Å²) in [6.45, 7) is 0. The van der Waals surface area contributed by atoms with Crippen LogP contribution in [0.2, 0.25) is 0 Å². The van der Waals surface area contributed by atoms with Crippen LogP contribution in [0.3, 0.4) is 0 Å². The number of nitrogens with one attached hydrogen (secondary N) is 1. The summed E-state index contributed by atoms with van der Waals surface area (Å²) in [5.74, 6) is 0. The van der Waals surface area contributed by atoms with Crippen LogP contribution in [0.15, 0.2) is 22.0 Å². The Balaban J connectivity index is 2.82. The largest absolute Gasteiger partial charge is 0.319 e. The molecule has 0 bridgehead atoms. The van der Waals surface area contributed by atoms with Crippen LogP contribution >= 0.6 is 11.8 Å². The first-order chi connectivity index (χ1) is 6.70. The smallest absolute Gasteiger partial charge is 0.259 e. The number of hydrogen-bond donors (Lipinski definition) is 1. The molecule has 0 unspecified atom stereocenters. The predicted molar refractivity (Wildman–Crippen MR) is 57.3 cm³/mol. The topological polar surface area (TPSA) is 58.6 Å². The van der Waals surface area contributed by atoms with Crippen LogP contribution in [0.5, 0.6) is 0 Å². The van der Waals surface area contributed by atoms with Gasteiger partial charge in [-0.2, -0.15) is 0 Å². The summed E-state index contributed by atoms with van der Waals surface area (Å²) < 4.78 is 0. The molecular weight excluding hydrogens is 197 g/mol. The fraction of sp³-hybridized carbons (Fsp3) is 0.125. The number of pyridine rings is 1. The van der Waals surface area contributed by atoms with E-state index in [2.05, 4.69) is 15.0 Å². The second-order valence-corrected chi connectivity index (χ2v) is 3.58. The third-order valence-corrected chi connectivity index (χ3v) is 2.48. The Labute approximate surface area is 85.6 Å². The molecule has 0 saturated carbocycles. The van der Waals surface area contributed by atoms with Gasteiger partial charge in [0.1, 0.15) is 0 Å². The minimum absolute atomic E-state index is 0.0897. The van der Waals surface area contributed by atoms with Crippen molar-refractivity contribution >= 4 is 36.4 Å². The molecule has 0 saturated heterocycles. The molecule has 2 aromatic rings. The van der Waals surface area contributed by atoms with Gasteiger partial charge in [-0.05, 0) is 12.3 Å². The van der Waals surface area contributed by atoms with Gasteiger partial charge in [-0.25, -0.2) is 9.97 Å². The summed E-state index contributed by atoms with van der Waals surface area (Å²) in [4.78, 5) is 22.8. The zero-order chi connectivity index (χ0) is 10.1. The van der Waals surface area contributed by atoms with Gasteiger partial charge < -0.3 is 4.98 Å². The van der Waals surface area contributed by atoms with Crippen molar-refractivity contribution in [3.05, 3.63) is 22.6 Å². The van der Waals surface area contributed by atoms with Gasteiger partial charge in [0.15, 0.2) is 13.5 Å². The molecule has 2 aromatic heterocycles. The number of aromatic nitrogens is 3. The van der Waals surface area contributed by atoms with Crippen LogP contribution in [0.25, 0.3) is 11.0 Å². The first-order valence-electron chi connectivity index (χ1n) is 3.90. The van der Waals surface area contributed by atoms with E-state index in [1.54, 1.807) is 12.3 Å². The summed E-state index contributed by atoms with van der Waals surface area (Å²) in [5, 5.41) is 0.464. The van der Waals surface area contributed by atoms with Crippen LogP contribution in [-0.4, -0.2) is 29.1 Å². The van der Waals surface area contributed by atoms with Gasteiger partial charge in [0.2, 0.25) is 0 Å². The number of aromatic amines is 1. The molecular formula is C8H6BN3OS. The maximum absolute atomic E-state index is 11.4. The zero-order valence-electron chi connectivity index (χ0n) is 7.44. The first-order valence-corrected chi connectivity index (χ1v) is 5.12. The van der Waals surface area contributed by atoms with Crippen LogP contribution in [0.4, 0.5) is 0 Å². The maximum Gasteiger partial charge on any atom is 0.259 e. The number of H-pyrrole nitrogens is 1. The zero-order valence-corrected chi connectivity index (χ0v) is 8.26. The second kappa shape index (κ2) is 3.45. The Morgan fingerprint density at radius 2 is 2.36 bits per heavy atom. The first kappa shape index (κ1) is 9.27. The third-order valence-electron chi connectivity index (χ3n) is 1.79. The van der Waals surface area contributed by atoms with Crippen LogP contribution < -0.4 is 11.3 Å². The lowest BCUT2D eigenvalue weighted by atomic mass is 10.1. The lowest BCUT2D eigenvalue weighted by Crippen LogP contribution is -2.23. The van der Waals surface area contributed by atoms with Crippen molar-refractivity contribution in [2.24, 2.45) is 0 Å². The minimum atomic E-state index is -0.254. The Kier molecular flexibility index (Phi) is 2.29. The highest BCUT2D eigenvalue weighted by Gasteiger charge is 2.02. The van der Waals surface area contributed by atoms with Gasteiger partial charge >= 0.3 is 0 Å². The fourth-order valence-corrected chi connectivity index (χ4v) is 1.53. The van der Waals surface area contributed by atoms with Crippen molar-refractivity contribution in [3.63, 3.8) is 0 Å². The molecule has 0 fully saturated rings. The average molecular weight is 203 g/mol. The summed E-state index contributed by atoms with van der Waals surface area (Å²) in [7, 11) is 5.38. The highest BCUT2D eigenvalue weighted by molar-refractivity contribution is 7.98. The molecule has 2 radical (unpaired) electrons. The molecule has 0 aliphatic heterocycles. The molecule has 0 atom stereocenters. The van der Waals surface area contributed by atoms with Gasteiger partial charge in [-0.3, -0.25) is 4.79 Å². The van der Waals surface area contributed by atoms with E-state index >= 15 is 0 Å². The molecule has 0 aliphatic rings. The Hall–Kier alpha value is -1.30. The highest BCUT2D eigenvalue weighted by atomic mass is 32.2. The number of thioether (sulfide) groups is 1. The Bertz CT molecular complexity index is 540. The molecule has 2 rings (SSSR count). The lowest BCUT2D eigenvalue weighted by molar-refractivity contribution is 1.17. The van der Waals surface area contributed by atoms with Crippen molar-refractivity contribution in [2.45, 2.75) is 4.90 Å². The van der Waals surface area contributed by atoms with Crippen LogP contribution in [-0.2, 0) is 0 Å². The molecule has 0 aliphatic carbocycles. The van der Waals surface area contributed by atoms with E-state index in [1.807, 2.05) is 6.26 Å². The molecule has 6 heteroatoms. The molecule has 2 heterocycles. The average Bonchev–Trinajstić information content (AvgIpc) is 2.17. The standard InChI is InChI=1S/C8H6BN3OS/c1-14-4-2-5-6(10-3-4)11-8(9)12-7(5)13/h2-3H,1H3,(H,10,11,12,13). The number of nitrogens with zero attached hydrogens (tertiary/aromatic N) is 2. The highest BCUT2D eigenvalue weighted by Crippen LogP contribution is 2.15. The monoisotopic (exact) mass is 203 g/mol. The maximum atomic E-state index is 11.4. The summed E-state index contributed by atoms with van der Waals surface area (Å²) in [6, 6.07) is 1.75. The van der Waals surface area contributed by atoms with Crippen molar-refractivity contribution < 1.29 is 0 Å². The summed E-state index contributed by atoms with van der Waals surface area (Å²) in [6.07, 6.45) is 3.58. The van der Waals surface area contributed by atoms with Gasteiger partial charge in [-0.1, -0.05) is 0 Å². The van der Waals surface area contributed by atoms with E-state index < -0.39 is 0 Å². The SMILES string of the molecule is [B]c1nc2ncc(SC)cc2c(=O)[nH]1. The molecule has 68 valence electrons. The second-order valence-electron chi connectivity index (χ2n) is 2.70. The van der Waals surface area contributed by atoms with E-state index in [1.165, 1.54) is 11.8 Å². The van der Waals surface area contributed by atoms with E-state index in [9.17, 15) is 4.79 Å². The number of hydrogen-bond acceptors (Lipinski definition) is 4. The quantitative estimate of drug-likeness (QED) is 0.516. The molecule has 0 spiro atoms. The fourth-order valence-electron chi connectivity index (χ4n) is 1.13. The molecule has 0 aromatic carbocycles. The van der Waals surface area contributed by atoms with Crippen LogP contribution in [0.1, 0.15) is 0 Å². The third kappa shape index (κ3) is 1.53. The van der Waals surface area contributed by atoms with E-state index in [-0.39, 0.29) is 11.3 Å². The number of rotatable bonds is 1. The Morgan fingerprint density at radius 1 is 1.57 bits per heavy atom. The van der Waals surface area contributed by atoms with Crippen molar-refractivity contribution in [1.82, 2.24) is 15.0 Å². The van der Waals surface area contributed by atoms with Gasteiger partial charge in [0.05, 0.1) is 11.1 Å². The van der Waals surface area contributed by atoms with Crippen LogP contribution in [0, 0.1) is 0 Å². The van der Waals surface area contributed by atoms with E-state index in [4.69, 9.17) is 7.85 Å². The normalized spacial score (nSPS) is 10.6. The van der Waals surface area contributed by atoms with E-state index in [0.29, 0.717) is 11.0 Å². The van der Waals surface area contributed by atoms with Crippen molar-refractivity contribution in [3.8, 4) is 0 Å². The summed E-state index contributed by atoms with van der Waals surface area (Å²) >= 11 is 1.52. The van der Waals surface area contributed by atoms with Gasteiger partial charge in [0, 0.05) is 11.1 Å². The Morgan fingerprint density at radius 3 is 3.07 bits per heavy atom. The summed E-state index contributed by atoms with van der Waals surface area (Å²) in [5.41, 5.74) is 0.215. The molecule has 4 nitrogen and oxygen atoms in total. The van der Waals surface area contributed by atoms with Crippen molar-refractivity contribution in [1.29, 1.82) is 0 Å². The predicted octanol–water partition coefficient (Wildman–Crippen LogP) is -0.166. The number of fused-ring (bicyclic) bond motifs is 1. The molecule has 14 heavy (non-hydrogen) atoms. The minimum Gasteiger partial charge on any atom is -0.319 e. The molecule has 1 N–H and O–H groups in total. The lowest BCUT2D eigenvalue weighted by Gasteiger charge is -1.99. The molecule has 0 amide bonds. The van der Waals surface area contributed by atoms with Gasteiger partial charge in [-0.15, -0.1) is 11.8 Å².